The molecule has 1 aromatic carbocycles. The van der Waals surface area contributed by atoms with Gasteiger partial charge in [0.2, 0.25) is 0 Å². The summed E-state index contributed by atoms with van der Waals surface area (Å²) < 4.78 is 20.9. The minimum atomic E-state index is -1.56. The third-order valence-electron chi connectivity index (χ3n) is 4.88. The van der Waals surface area contributed by atoms with E-state index < -0.39 is 28.1 Å². The maximum atomic E-state index is 13.0. The normalized spacial score (nSPS) is 16.5. The Morgan fingerprint density at radius 1 is 1.34 bits per heavy atom. The van der Waals surface area contributed by atoms with E-state index in [9.17, 15) is 19.7 Å². The molecule has 0 amide bonds. The third-order valence-corrected chi connectivity index (χ3v) is 8.43. The number of anilines is 1. The number of hydrogen-bond acceptors (Lipinski definition) is 7. The summed E-state index contributed by atoms with van der Waals surface area (Å²) in [5, 5.41) is 21.2. The topological polar surface area (TPSA) is 109 Å². The molecule has 3 rings (SSSR count). The van der Waals surface area contributed by atoms with Gasteiger partial charge in [-0.3, -0.25) is 0 Å². The van der Waals surface area contributed by atoms with Gasteiger partial charge in [0, 0.05) is 30.0 Å². The number of nitrogens with one attached hydrogen (secondary N) is 1. The quantitative estimate of drug-likeness (QED) is 0.540. The SMILES string of the molecule is CC(C)(C)[S+]([O-])NC(c1ccc(Cl)c(Cl)c1)c1c(C(=O)O)sc(N2CCOCC2)c1C#N. The van der Waals surface area contributed by atoms with E-state index in [2.05, 4.69) is 10.8 Å². The molecule has 1 saturated heterocycles. The van der Waals surface area contributed by atoms with Gasteiger partial charge in [-0.15, -0.1) is 16.1 Å². The number of thiophene rings is 1. The Morgan fingerprint density at radius 3 is 2.53 bits per heavy atom. The van der Waals surface area contributed by atoms with E-state index in [-0.39, 0.29) is 21.0 Å². The zero-order chi connectivity index (χ0) is 23.6. The molecule has 7 nitrogen and oxygen atoms in total. The van der Waals surface area contributed by atoms with Crippen LogP contribution in [0.3, 0.4) is 0 Å². The van der Waals surface area contributed by atoms with Crippen LogP contribution in [0.2, 0.25) is 10.0 Å². The second-order valence-electron chi connectivity index (χ2n) is 8.15. The summed E-state index contributed by atoms with van der Waals surface area (Å²) in [6.07, 6.45) is 0. The highest BCUT2D eigenvalue weighted by atomic mass is 35.5. The highest BCUT2D eigenvalue weighted by Gasteiger charge is 2.37. The summed E-state index contributed by atoms with van der Waals surface area (Å²) in [7, 11) is 0. The van der Waals surface area contributed by atoms with E-state index in [4.69, 9.17) is 27.9 Å². The molecule has 32 heavy (non-hydrogen) atoms. The number of rotatable bonds is 6. The molecule has 2 heterocycles. The maximum Gasteiger partial charge on any atom is 0.346 e. The number of nitriles is 1. The standard InChI is InChI=1S/C21H23Cl2N3O4S2/c1-21(2,3)32(29)25-17(12-4-5-14(22)15(23)10-12)16-13(11-24)19(31-18(16)20(27)28)26-6-8-30-9-7-26/h4-5,10,17,25H,6-9H2,1-3H3,(H,27,28). The molecule has 172 valence electrons. The summed E-state index contributed by atoms with van der Waals surface area (Å²) in [4.78, 5) is 14.2. The Hall–Kier alpha value is -1.51. The van der Waals surface area contributed by atoms with Crippen molar-refractivity contribution >= 4 is 56.9 Å². The Labute approximate surface area is 204 Å². The lowest BCUT2D eigenvalue weighted by molar-refractivity contribution is 0.0700. The average molecular weight is 516 g/mol. The lowest BCUT2D eigenvalue weighted by atomic mass is 9.96. The van der Waals surface area contributed by atoms with Crippen molar-refractivity contribution in [1.82, 2.24) is 4.72 Å². The molecule has 2 unspecified atom stereocenters. The van der Waals surface area contributed by atoms with Gasteiger partial charge in [0.25, 0.3) is 0 Å². The Morgan fingerprint density at radius 2 is 2.00 bits per heavy atom. The highest BCUT2D eigenvalue weighted by Crippen LogP contribution is 2.42. The van der Waals surface area contributed by atoms with Crippen molar-refractivity contribution < 1.29 is 19.2 Å². The van der Waals surface area contributed by atoms with Crippen LogP contribution in [-0.4, -0.2) is 46.7 Å². The number of ether oxygens (including phenoxy) is 1. The molecule has 11 heteroatoms. The predicted molar refractivity (Wildman–Crippen MR) is 128 cm³/mol. The molecule has 0 saturated carbocycles. The van der Waals surface area contributed by atoms with E-state index in [1.54, 1.807) is 39.0 Å². The van der Waals surface area contributed by atoms with Gasteiger partial charge >= 0.3 is 5.97 Å². The number of aromatic carboxylic acids is 1. The van der Waals surface area contributed by atoms with E-state index in [0.717, 1.165) is 11.3 Å². The van der Waals surface area contributed by atoms with Gasteiger partial charge in [-0.2, -0.15) is 5.26 Å². The molecule has 2 aromatic rings. The fourth-order valence-corrected chi connectivity index (χ4v) is 5.54. The first-order valence-corrected chi connectivity index (χ1v) is 12.5. The first-order valence-electron chi connectivity index (χ1n) is 9.80. The first-order chi connectivity index (χ1) is 15.0. The molecule has 0 radical (unpaired) electrons. The Kier molecular flexibility index (Phi) is 7.99. The lowest BCUT2D eigenvalue weighted by Crippen LogP contribution is -2.42. The monoisotopic (exact) mass is 515 g/mol. The van der Waals surface area contributed by atoms with Gasteiger partial charge in [-0.25, -0.2) is 4.79 Å². The van der Waals surface area contributed by atoms with Crippen molar-refractivity contribution in [1.29, 1.82) is 5.26 Å². The van der Waals surface area contributed by atoms with Gasteiger partial charge in [-0.05, 0) is 38.5 Å². The zero-order valence-electron chi connectivity index (χ0n) is 17.8. The van der Waals surface area contributed by atoms with E-state index in [1.807, 2.05) is 4.90 Å². The van der Waals surface area contributed by atoms with Crippen LogP contribution in [0.15, 0.2) is 18.2 Å². The van der Waals surface area contributed by atoms with Crippen LogP contribution < -0.4 is 9.62 Å². The van der Waals surface area contributed by atoms with Crippen LogP contribution in [0, 0.1) is 11.3 Å². The minimum Gasteiger partial charge on any atom is -0.598 e. The number of carbonyl (C=O) groups is 1. The summed E-state index contributed by atoms with van der Waals surface area (Å²) >= 11 is 11.8. The third kappa shape index (κ3) is 5.34. The smallest absolute Gasteiger partial charge is 0.346 e. The number of carboxylic acid groups (broad SMARTS) is 1. The molecule has 0 aliphatic carbocycles. The van der Waals surface area contributed by atoms with Crippen molar-refractivity contribution in [3.63, 3.8) is 0 Å². The van der Waals surface area contributed by atoms with Crippen molar-refractivity contribution in [3.8, 4) is 6.07 Å². The van der Waals surface area contributed by atoms with Crippen LogP contribution >= 0.6 is 34.5 Å². The number of hydrogen-bond donors (Lipinski definition) is 2. The molecular weight excluding hydrogens is 493 g/mol. The largest absolute Gasteiger partial charge is 0.598 e. The van der Waals surface area contributed by atoms with Crippen molar-refractivity contribution in [2.24, 2.45) is 0 Å². The van der Waals surface area contributed by atoms with Crippen LogP contribution in [0.4, 0.5) is 5.00 Å². The number of morpholine rings is 1. The van der Waals surface area contributed by atoms with Crippen molar-refractivity contribution in [3.05, 3.63) is 49.8 Å². The highest BCUT2D eigenvalue weighted by molar-refractivity contribution is 7.90. The first kappa shape index (κ1) is 25.1. The predicted octanol–water partition coefficient (Wildman–Crippen LogP) is 4.60. The average Bonchev–Trinajstić information content (AvgIpc) is 3.13. The fourth-order valence-electron chi connectivity index (χ4n) is 3.23. The Balaban J connectivity index is 2.22. The van der Waals surface area contributed by atoms with Crippen LogP contribution in [-0.2, 0) is 16.1 Å². The van der Waals surface area contributed by atoms with Gasteiger partial charge in [-0.1, -0.05) is 29.3 Å². The van der Waals surface area contributed by atoms with Crippen LogP contribution in [0.5, 0.6) is 0 Å². The van der Waals surface area contributed by atoms with Crippen molar-refractivity contribution in [2.45, 2.75) is 31.6 Å². The summed E-state index contributed by atoms with van der Waals surface area (Å²) in [5.41, 5.74) is 1.06. The summed E-state index contributed by atoms with van der Waals surface area (Å²) in [5.74, 6) is -1.16. The minimum absolute atomic E-state index is 0.0116. The number of nitrogens with zero attached hydrogens (tertiary/aromatic N) is 2. The van der Waals surface area contributed by atoms with Gasteiger partial charge in [0.05, 0.1) is 28.8 Å². The Bertz CT molecular complexity index is 1040. The summed E-state index contributed by atoms with van der Waals surface area (Å²) in [6, 6.07) is 6.22. The molecule has 0 spiro atoms. The van der Waals surface area contributed by atoms with Gasteiger partial charge in [0.1, 0.15) is 26.7 Å². The van der Waals surface area contributed by atoms with Crippen molar-refractivity contribution in [2.75, 3.05) is 31.2 Å². The molecule has 1 fully saturated rings. The van der Waals surface area contributed by atoms with Gasteiger partial charge in [0.15, 0.2) is 0 Å². The molecule has 1 aliphatic heterocycles. The van der Waals surface area contributed by atoms with E-state index >= 15 is 0 Å². The number of halogens is 2. The van der Waals surface area contributed by atoms with E-state index in [0.29, 0.717) is 41.9 Å². The second-order valence-corrected chi connectivity index (χ2v) is 12.0. The number of carboxylic acids is 1. The fraction of sp³-hybridized carbons (Fsp3) is 0.429. The molecule has 1 aliphatic rings. The lowest BCUT2D eigenvalue weighted by Gasteiger charge is -2.29. The maximum absolute atomic E-state index is 13.0. The second kappa shape index (κ2) is 10.2. The van der Waals surface area contributed by atoms with E-state index in [1.165, 1.54) is 0 Å². The van der Waals surface area contributed by atoms with Crippen LogP contribution in [0.1, 0.15) is 53.2 Å². The summed E-state index contributed by atoms with van der Waals surface area (Å²) in [6.45, 7) is 7.49. The molecule has 1 aromatic heterocycles. The molecular formula is C21H23Cl2N3O4S2. The zero-order valence-corrected chi connectivity index (χ0v) is 20.9. The molecule has 0 bridgehead atoms. The molecule has 2 N–H and O–H groups in total. The molecule has 2 atom stereocenters. The van der Waals surface area contributed by atoms with Crippen LogP contribution in [0.25, 0.3) is 0 Å². The number of benzene rings is 1. The van der Waals surface area contributed by atoms with Gasteiger partial charge < -0.3 is 19.3 Å².